The van der Waals surface area contributed by atoms with Crippen LogP contribution in [0.3, 0.4) is 0 Å². The summed E-state index contributed by atoms with van der Waals surface area (Å²) in [5, 5.41) is 15.7. The first-order valence-electron chi connectivity index (χ1n) is 6.16. The SMILES string of the molecule is CCc1nn(C)cc1C(=O)N(C)C(C)C/C(N)=N/O. The molecule has 1 atom stereocenters. The van der Waals surface area contributed by atoms with Crippen LogP contribution in [0.2, 0.25) is 0 Å². The van der Waals surface area contributed by atoms with Crippen molar-refractivity contribution in [3.8, 4) is 0 Å². The molecule has 1 unspecified atom stereocenters. The minimum atomic E-state index is -0.159. The average molecular weight is 267 g/mol. The minimum Gasteiger partial charge on any atom is -0.409 e. The van der Waals surface area contributed by atoms with Gasteiger partial charge < -0.3 is 15.8 Å². The maximum Gasteiger partial charge on any atom is 0.257 e. The molecule has 1 rings (SSSR count). The third-order valence-corrected chi connectivity index (χ3v) is 3.09. The number of nitrogens with zero attached hydrogens (tertiary/aromatic N) is 4. The number of rotatable bonds is 5. The van der Waals surface area contributed by atoms with Crippen molar-refractivity contribution in [2.24, 2.45) is 17.9 Å². The molecule has 0 aliphatic carbocycles. The van der Waals surface area contributed by atoms with Crippen molar-refractivity contribution in [2.75, 3.05) is 7.05 Å². The first-order chi connectivity index (χ1) is 8.90. The van der Waals surface area contributed by atoms with Crippen LogP contribution in [0.4, 0.5) is 0 Å². The number of aryl methyl sites for hydroxylation is 2. The van der Waals surface area contributed by atoms with Gasteiger partial charge in [-0.1, -0.05) is 12.1 Å². The summed E-state index contributed by atoms with van der Waals surface area (Å²) >= 11 is 0. The van der Waals surface area contributed by atoms with E-state index in [0.29, 0.717) is 18.4 Å². The van der Waals surface area contributed by atoms with Gasteiger partial charge in [0.05, 0.1) is 11.3 Å². The molecule has 0 radical (unpaired) electrons. The highest BCUT2D eigenvalue weighted by atomic mass is 16.4. The lowest BCUT2D eigenvalue weighted by Gasteiger charge is -2.24. The molecule has 1 aromatic rings. The van der Waals surface area contributed by atoms with E-state index in [4.69, 9.17) is 10.9 Å². The summed E-state index contributed by atoms with van der Waals surface area (Å²) in [5.74, 6) is -0.00255. The van der Waals surface area contributed by atoms with E-state index >= 15 is 0 Å². The number of hydrogen-bond donors (Lipinski definition) is 2. The van der Waals surface area contributed by atoms with Crippen LogP contribution < -0.4 is 5.73 Å². The van der Waals surface area contributed by atoms with Crippen molar-refractivity contribution in [3.63, 3.8) is 0 Å². The van der Waals surface area contributed by atoms with E-state index < -0.39 is 0 Å². The summed E-state index contributed by atoms with van der Waals surface area (Å²) in [5.41, 5.74) is 6.83. The third kappa shape index (κ3) is 3.46. The lowest BCUT2D eigenvalue weighted by Crippen LogP contribution is -2.38. The molecule has 0 fully saturated rings. The van der Waals surface area contributed by atoms with Gasteiger partial charge in [-0.05, 0) is 13.3 Å². The summed E-state index contributed by atoms with van der Waals surface area (Å²) in [7, 11) is 3.49. The Kier molecular flexibility index (Phi) is 4.91. The molecule has 0 aromatic carbocycles. The van der Waals surface area contributed by atoms with E-state index in [2.05, 4.69) is 10.3 Å². The molecule has 0 aliphatic rings. The van der Waals surface area contributed by atoms with E-state index in [-0.39, 0.29) is 17.8 Å². The summed E-state index contributed by atoms with van der Waals surface area (Å²) in [6.07, 6.45) is 2.73. The Balaban J connectivity index is 2.87. The van der Waals surface area contributed by atoms with E-state index in [1.807, 2.05) is 13.8 Å². The molecule has 3 N–H and O–H groups in total. The summed E-state index contributed by atoms with van der Waals surface area (Å²) in [6.45, 7) is 3.80. The largest absolute Gasteiger partial charge is 0.409 e. The highest BCUT2D eigenvalue weighted by Crippen LogP contribution is 2.13. The van der Waals surface area contributed by atoms with E-state index in [1.54, 1.807) is 29.9 Å². The highest BCUT2D eigenvalue weighted by molar-refractivity contribution is 5.95. The van der Waals surface area contributed by atoms with Crippen LogP contribution in [-0.4, -0.2) is 44.7 Å². The van der Waals surface area contributed by atoms with Crippen molar-refractivity contribution in [3.05, 3.63) is 17.5 Å². The van der Waals surface area contributed by atoms with Crippen LogP contribution in [0.25, 0.3) is 0 Å². The van der Waals surface area contributed by atoms with Crippen LogP contribution in [0, 0.1) is 0 Å². The van der Waals surface area contributed by atoms with Crippen molar-refractivity contribution in [2.45, 2.75) is 32.7 Å². The van der Waals surface area contributed by atoms with Crippen LogP contribution in [0.5, 0.6) is 0 Å². The lowest BCUT2D eigenvalue weighted by atomic mass is 10.1. The smallest absolute Gasteiger partial charge is 0.257 e. The maximum absolute atomic E-state index is 12.4. The van der Waals surface area contributed by atoms with Crippen LogP contribution in [0.15, 0.2) is 11.4 Å². The van der Waals surface area contributed by atoms with Gasteiger partial charge in [-0.15, -0.1) is 0 Å². The Hall–Kier alpha value is -2.05. The molecular weight excluding hydrogens is 246 g/mol. The summed E-state index contributed by atoms with van der Waals surface area (Å²) in [6, 6.07) is -0.159. The van der Waals surface area contributed by atoms with Gasteiger partial charge in [-0.25, -0.2) is 0 Å². The second-order valence-electron chi connectivity index (χ2n) is 4.58. The van der Waals surface area contributed by atoms with Gasteiger partial charge >= 0.3 is 0 Å². The number of nitrogens with two attached hydrogens (primary N) is 1. The van der Waals surface area contributed by atoms with Crippen molar-refractivity contribution >= 4 is 11.7 Å². The predicted molar refractivity (Wildman–Crippen MR) is 72.2 cm³/mol. The molecule has 1 aromatic heterocycles. The Morgan fingerprint density at radius 3 is 2.84 bits per heavy atom. The fraction of sp³-hybridized carbons (Fsp3) is 0.583. The first-order valence-corrected chi connectivity index (χ1v) is 6.16. The van der Waals surface area contributed by atoms with Crippen molar-refractivity contribution in [1.29, 1.82) is 0 Å². The molecule has 1 heterocycles. The highest BCUT2D eigenvalue weighted by Gasteiger charge is 2.22. The van der Waals surface area contributed by atoms with Gasteiger partial charge in [-0.3, -0.25) is 9.48 Å². The lowest BCUT2D eigenvalue weighted by molar-refractivity contribution is 0.0746. The molecule has 0 spiro atoms. The summed E-state index contributed by atoms with van der Waals surface area (Å²) in [4.78, 5) is 14.0. The standard InChI is InChI=1S/C12H21N5O2/c1-5-10-9(7-16(3)14-10)12(18)17(4)8(2)6-11(13)15-19/h7-8,19H,5-6H2,1-4H3,(H2,13,15). The minimum absolute atomic E-state index is 0.106. The zero-order valence-corrected chi connectivity index (χ0v) is 11.8. The number of oxime groups is 1. The van der Waals surface area contributed by atoms with Crippen LogP contribution >= 0.6 is 0 Å². The molecule has 7 nitrogen and oxygen atoms in total. The third-order valence-electron chi connectivity index (χ3n) is 3.09. The van der Waals surface area contributed by atoms with Gasteiger partial charge in [0.2, 0.25) is 0 Å². The fourth-order valence-corrected chi connectivity index (χ4v) is 1.84. The Bertz CT molecular complexity index is 480. The van der Waals surface area contributed by atoms with E-state index in [1.165, 1.54) is 0 Å². The normalized spacial score (nSPS) is 13.4. The predicted octanol–water partition coefficient (Wildman–Crippen LogP) is 0.580. The zero-order chi connectivity index (χ0) is 14.6. The molecule has 106 valence electrons. The van der Waals surface area contributed by atoms with E-state index in [9.17, 15) is 4.79 Å². The number of carbonyl (C=O) groups excluding carboxylic acids is 1. The number of aromatic nitrogens is 2. The molecule has 1 amide bonds. The number of hydrogen-bond acceptors (Lipinski definition) is 4. The zero-order valence-electron chi connectivity index (χ0n) is 11.8. The van der Waals surface area contributed by atoms with Gasteiger partial charge in [0.15, 0.2) is 0 Å². The van der Waals surface area contributed by atoms with E-state index in [0.717, 1.165) is 5.69 Å². The number of amides is 1. The Labute approximate surface area is 112 Å². The van der Waals surface area contributed by atoms with Crippen LogP contribution in [-0.2, 0) is 13.5 Å². The molecule has 19 heavy (non-hydrogen) atoms. The maximum atomic E-state index is 12.4. The number of amidine groups is 1. The molecule has 0 saturated heterocycles. The topological polar surface area (TPSA) is 96.7 Å². The second-order valence-corrected chi connectivity index (χ2v) is 4.58. The Morgan fingerprint density at radius 1 is 1.68 bits per heavy atom. The molecule has 0 aliphatic heterocycles. The Morgan fingerprint density at radius 2 is 2.32 bits per heavy atom. The van der Waals surface area contributed by atoms with Gasteiger partial charge in [0, 0.05) is 32.8 Å². The second kappa shape index (κ2) is 6.21. The average Bonchev–Trinajstić information content (AvgIpc) is 2.77. The van der Waals surface area contributed by atoms with Crippen LogP contribution in [0.1, 0.15) is 36.3 Å². The van der Waals surface area contributed by atoms with Gasteiger partial charge in [0.1, 0.15) is 5.84 Å². The molecule has 0 bridgehead atoms. The van der Waals surface area contributed by atoms with Crippen molar-refractivity contribution < 1.29 is 10.0 Å². The molecular formula is C12H21N5O2. The fourth-order valence-electron chi connectivity index (χ4n) is 1.84. The first kappa shape index (κ1) is 15.0. The van der Waals surface area contributed by atoms with Gasteiger partial charge in [-0.2, -0.15) is 5.10 Å². The van der Waals surface area contributed by atoms with Crippen molar-refractivity contribution in [1.82, 2.24) is 14.7 Å². The molecule has 0 saturated carbocycles. The molecule has 7 heteroatoms. The quantitative estimate of drug-likeness (QED) is 0.353. The summed E-state index contributed by atoms with van der Waals surface area (Å²) < 4.78 is 1.63. The number of carbonyl (C=O) groups is 1. The monoisotopic (exact) mass is 267 g/mol. The van der Waals surface area contributed by atoms with Gasteiger partial charge in [0.25, 0.3) is 5.91 Å².